The number of nitrogens with zero attached hydrogens (tertiary/aromatic N) is 2. The van der Waals surface area contributed by atoms with Crippen LogP contribution in [0.1, 0.15) is 63.5 Å². The number of piperidine rings is 1. The Bertz CT molecular complexity index is 1090. The molecule has 0 aromatic heterocycles. The predicted molar refractivity (Wildman–Crippen MR) is 155 cm³/mol. The molecule has 0 N–H and O–H groups in total. The van der Waals surface area contributed by atoms with E-state index in [4.69, 9.17) is 23.2 Å². The van der Waals surface area contributed by atoms with Crippen molar-refractivity contribution in [1.82, 2.24) is 9.21 Å². The zero-order valence-corrected chi connectivity index (χ0v) is 24.2. The van der Waals surface area contributed by atoms with Gasteiger partial charge in [0.15, 0.2) is 0 Å². The van der Waals surface area contributed by atoms with Crippen LogP contribution in [0.4, 0.5) is 0 Å². The summed E-state index contributed by atoms with van der Waals surface area (Å²) in [4.78, 5) is 16.1. The molecule has 4 atom stereocenters. The lowest BCUT2D eigenvalue weighted by atomic mass is 9.74. The molecule has 3 aliphatic rings. The summed E-state index contributed by atoms with van der Waals surface area (Å²) in [6, 6.07) is 17.5. The maximum Gasteiger partial charge on any atom is 0.229 e. The highest BCUT2D eigenvalue weighted by molar-refractivity contribution is 7.83. The van der Waals surface area contributed by atoms with Gasteiger partial charge in [0, 0.05) is 27.9 Å². The van der Waals surface area contributed by atoms with Gasteiger partial charge in [0.25, 0.3) is 0 Å². The second-order valence-electron chi connectivity index (χ2n) is 10.9. The summed E-state index contributed by atoms with van der Waals surface area (Å²) >= 11 is 11.7. The van der Waals surface area contributed by atoms with Gasteiger partial charge in [-0.15, -0.1) is 6.58 Å². The van der Waals surface area contributed by atoms with Gasteiger partial charge in [-0.25, -0.2) is 8.51 Å². The molecule has 1 heterocycles. The molecule has 0 bridgehead atoms. The topological polar surface area (TPSA) is 40.6 Å². The second kappa shape index (κ2) is 12.5. The Balaban J connectivity index is 0.000000396. The largest absolute Gasteiger partial charge is 0.331 e. The highest BCUT2D eigenvalue weighted by Crippen LogP contribution is 2.48. The molecule has 2 aromatic rings. The molecule has 37 heavy (non-hydrogen) atoms. The molecule has 0 radical (unpaired) electrons. The molecule has 2 saturated carbocycles. The Morgan fingerprint density at radius 3 is 2.19 bits per heavy atom. The van der Waals surface area contributed by atoms with Crippen LogP contribution in [-0.4, -0.2) is 44.2 Å². The van der Waals surface area contributed by atoms with Crippen LogP contribution in [0.3, 0.4) is 0 Å². The molecule has 2 aromatic carbocycles. The van der Waals surface area contributed by atoms with Crippen molar-refractivity contribution in [2.24, 2.45) is 11.3 Å². The zero-order valence-electron chi connectivity index (χ0n) is 21.8. The number of benzene rings is 2. The number of likely N-dealkylation sites (tertiary alicyclic amines) is 1. The molecule has 2 unspecified atom stereocenters. The number of carbonyl (C=O) groups is 1. The molecule has 5 rings (SSSR count). The van der Waals surface area contributed by atoms with Gasteiger partial charge in [0.05, 0.1) is 22.4 Å². The van der Waals surface area contributed by atoms with Crippen LogP contribution in [-0.2, 0) is 15.8 Å². The van der Waals surface area contributed by atoms with Crippen molar-refractivity contribution < 1.29 is 9.00 Å². The summed E-state index contributed by atoms with van der Waals surface area (Å²) < 4.78 is 14.8. The molecule has 1 amide bonds. The number of hydrogen-bond acceptors (Lipinski definition) is 2. The first-order valence-corrected chi connectivity index (χ1v) is 15.2. The number of amides is 1. The van der Waals surface area contributed by atoms with Gasteiger partial charge in [-0.3, -0.25) is 4.79 Å². The lowest BCUT2D eigenvalue weighted by molar-refractivity contribution is -0.153. The van der Waals surface area contributed by atoms with E-state index in [2.05, 4.69) is 30.5 Å². The van der Waals surface area contributed by atoms with E-state index in [9.17, 15) is 9.00 Å². The van der Waals surface area contributed by atoms with E-state index in [0.29, 0.717) is 29.2 Å². The maximum absolute atomic E-state index is 13.9. The van der Waals surface area contributed by atoms with Crippen molar-refractivity contribution in [2.75, 3.05) is 13.6 Å². The second-order valence-corrected chi connectivity index (χ2v) is 13.6. The Labute approximate surface area is 234 Å². The van der Waals surface area contributed by atoms with Crippen LogP contribution < -0.4 is 0 Å². The maximum atomic E-state index is 13.9. The molecule has 4 nitrogen and oxygen atoms in total. The van der Waals surface area contributed by atoms with E-state index in [1.54, 1.807) is 0 Å². The molecule has 7 heteroatoms. The Morgan fingerprint density at radius 2 is 1.68 bits per heavy atom. The Kier molecular flexibility index (Phi) is 9.55. The summed E-state index contributed by atoms with van der Waals surface area (Å²) in [7, 11) is 1.01. The third-order valence-electron chi connectivity index (χ3n) is 7.72. The molecule has 0 spiro atoms. The molecule has 3 fully saturated rings. The fourth-order valence-electron chi connectivity index (χ4n) is 5.28. The number of carbonyl (C=O) groups excluding carboxylic acids is 1. The quantitative estimate of drug-likeness (QED) is 0.298. The number of likely N-dealkylation sites (N-methyl/N-ethyl adjacent to an activating group) is 1. The highest BCUT2D eigenvalue weighted by Gasteiger charge is 2.50. The molecule has 2 aliphatic carbocycles. The minimum atomic E-state index is -0.950. The van der Waals surface area contributed by atoms with Crippen molar-refractivity contribution in [3.05, 3.63) is 82.9 Å². The standard InChI is InChI=1S/C24H33ClN2O2S.C6H5Cl/c1-4-14-24(2)15-13-21(17-7-9-19(25)10-8-17)27(23(24)28)22(18-5-6-18)16-26(3)30(29)20-11-12-20;7-6-4-2-1-3-5-6/h4,7-10,18,20-22H,1,5-6,11-16H2,2-3H3;1-5H/t21-,22?,24-,30?;/m0./s1. The van der Waals surface area contributed by atoms with Crippen molar-refractivity contribution >= 4 is 40.1 Å². The molecule has 1 saturated heterocycles. The van der Waals surface area contributed by atoms with Crippen LogP contribution in [0, 0.1) is 11.3 Å². The molecular weight excluding hydrogens is 523 g/mol. The van der Waals surface area contributed by atoms with E-state index >= 15 is 0 Å². The number of rotatable bonds is 9. The Hall–Kier alpha value is -1.66. The first-order valence-electron chi connectivity index (χ1n) is 13.2. The van der Waals surface area contributed by atoms with E-state index in [1.165, 1.54) is 0 Å². The minimum Gasteiger partial charge on any atom is -0.331 e. The fraction of sp³-hybridized carbons (Fsp3) is 0.500. The SMILES string of the molecule is C=CC[C@@]1(C)CC[C@@H](c2ccc(Cl)cc2)N(C(CN(C)S(=O)C2CC2)C2CC2)C1=O.Clc1ccccc1. The smallest absolute Gasteiger partial charge is 0.229 e. The van der Waals surface area contributed by atoms with Crippen LogP contribution in [0.25, 0.3) is 0 Å². The first-order chi connectivity index (χ1) is 17.7. The van der Waals surface area contributed by atoms with Gasteiger partial charge in [-0.05, 0) is 87.7 Å². The molecule has 200 valence electrons. The van der Waals surface area contributed by atoms with Crippen molar-refractivity contribution in [3.8, 4) is 0 Å². The number of hydrogen-bond donors (Lipinski definition) is 0. The lowest BCUT2D eigenvalue weighted by Crippen LogP contribution is -2.56. The van der Waals surface area contributed by atoms with E-state index < -0.39 is 16.4 Å². The van der Waals surface area contributed by atoms with Gasteiger partial charge in [0.2, 0.25) is 5.91 Å². The normalized spacial score (nSPS) is 25.3. The van der Waals surface area contributed by atoms with Gasteiger partial charge < -0.3 is 4.90 Å². The van der Waals surface area contributed by atoms with Crippen molar-refractivity contribution in [3.63, 3.8) is 0 Å². The summed E-state index contributed by atoms with van der Waals surface area (Å²) in [5.74, 6) is 0.713. The lowest BCUT2D eigenvalue weighted by Gasteiger charge is -2.49. The zero-order chi connectivity index (χ0) is 26.6. The minimum absolute atomic E-state index is 0.0426. The third-order valence-corrected chi connectivity index (χ3v) is 10.0. The van der Waals surface area contributed by atoms with E-state index in [-0.39, 0.29) is 18.0 Å². The van der Waals surface area contributed by atoms with Gasteiger partial charge in [-0.1, -0.05) is 66.5 Å². The third kappa shape index (κ3) is 7.26. The summed E-state index contributed by atoms with van der Waals surface area (Å²) in [5.41, 5.74) is 0.733. The van der Waals surface area contributed by atoms with Crippen molar-refractivity contribution in [2.45, 2.75) is 69.2 Å². The van der Waals surface area contributed by atoms with Gasteiger partial charge >= 0.3 is 0 Å². The predicted octanol–water partition coefficient (Wildman–Crippen LogP) is 7.46. The summed E-state index contributed by atoms with van der Waals surface area (Å²) in [6.45, 7) is 6.66. The number of halogens is 2. The molecular formula is C30H38Cl2N2O2S. The summed E-state index contributed by atoms with van der Waals surface area (Å²) in [5, 5.41) is 1.81. The van der Waals surface area contributed by atoms with E-state index in [1.807, 2.05) is 59.9 Å². The molecule has 1 aliphatic heterocycles. The van der Waals surface area contributed by atoms with Gasteiger partial charge in [0.1, 0.15) is 0 Å². The fourth-order valence-corrected chi connectivity index (χ4v) is 6.90. The van der Waals surface area contributed by atoms with Crippen molar-refractivity contribution in [1.29, 1.82) is 0 Å². The monoisotopic (exact) mass is 560 g/mol. The highest BCUT2D eigenvalue weighted by atomic mass is 35.5. The van der Waals surface area contributed by atoms with Crippen LogP contribution in [0.5, 0.6) is 0 Å². The average Bonchev–Trinajstić information content (AvgIpc) is 3.79. The number of allylic oxidation sites excluding steroid dienone is 1. The summed E-state index contributed by atoms with van der Waals surface area (Å²) in [6.07, 6.45) is 8.74. The van der Waals surface area contributed by atoms with Crippen LogP contribution >= 0.6 is 23.2 Å². The van der Waals surface area contributed by atoms with Crippen LogP contribution in [0.2, 0.25) is 10.0 Å². The van der Waals surface area contributed by atoms with Gasteiger partial charge in [-0.2, -0.15) is 0 Å². The Morgan fingerprint density at radius 1 is 1.05 bits per heavy atom. The first kappa shape index (κ1) is 28.4. The average molecular weight is 562 g/mol. The van der Waals surface area contributed by atoms with Crippen LogP contribution in [0.15, 0.2) is 67.3 Å². The van der Waals surface area contributed by atoms with E-state index in [0.717, 1.165) is 49.1 Å².